The topological polar surface area (TPSA) is 106 Å². The molecule has 186 valence electrons. The Bertz CT molecular complexity index is 1360. The monoisotopic (exact) mass is 486 g/mol. The summed E-state index contributed by atoms with van der Waals surface area (Å²) in [6.07, 6.45) is 10.6. The summed E-state index contributed by atoms with van der Waals surface area (Å²) in [5, 5.41) is 14.5. The fraction of sp³-hybridized carbons (Fsp3) is 0.370. The summed E-state index contributed by atoms with van der Waals surface area (Å²) < 4.78 is 3.38. The van der Waals surface area contributed by atoms with E-state index in [0.717, 1.165) is 36.9 Å². The Morgan fingerprint density at radius 3 is 2.44 bits per heavy atom. The third-order valence-corrected chi connectivity index (χ3v) is 6.94. The molecule has 1 aromatic carbocycles. The van der Waals surface area contributed by atoms with Crippen LogP contribution in [-0.4, -0.2) is 47.2 Å². The summed E-state index contributed by atoms with van der Waals surface area (Å²) in [6.45, 7) is 6.00. The van der Waals surface area contributed by atoms with Gasteiger partial charge in [0.05, 0.1) is 11.4 Å². The molecular weight excluding hydrogens is 456 g/mol. The van der Waals surface area contributed by atoms with Gasteiger partial charge in [-0.25, -0.2) is 19.4 Å². The van der Waals surface area contributed by atoms with Crippen molar-refractivity contribution in [2.75, 3.05) is 4.90 Å². The maximum absolute atomic E-state index is 13.5. The number of anilines is 1. The maximum atomic E-state index is 13.5. The lowest BCUT2D eigenvalue weighted by molar-refractivity contribution is -0.124. The molecule has 3 aromatic heterocycles. The molecule has 0 bridgehead atoms. The van der Waals surface area contributed by atoms with Crippen LogP contribution in [0.15, 0.2) is 55.1 Å². The molecule has 1 saturated carbocycles. The third kappa shape index (κ3) is 4.48. The van der Waals surface area contributed by atoms with Crippen LogP contribution in [0.25, 0.3) is 22.7 Å². The van der Waals surface area contributed by atoms with Crippen molar-refractivity contribution in [1.82, 2.24) is 24.1 Å². The van der Waals surface area contributed by atoms with Gasteiger partial charge in [0.1, 0.15) is 5.56 Å². The summed E-state index contributed by atoms with van der Waals surface area (Å²) in [5.74, 6) is 0.174. The minimum Gasteiger partial charge on any atom is -0.477 e. The number of carbonyl (C=O) groups excluding carboxylic acids is 1. The third-order valence-electron chi connectivity index (χ3n) is 6.94. The molecule has 1 aliphatic rings. The van der Waals surface area contributed by atoms with Crippen molar-refractivity contribution >= 4 is 23.5 Å². The van der Waals surface area contributed by atoms with Crippen LogP contribution >= 0.6 is 0 Å². The van der Waals surface area contributed by atoms with Crippen LogP contribution < -0.4 is 4.90 Å². The Kier molecular flexibility index (Phi) is 6.30. The highest BCUT2D eigenvalue weighted by Crippen LogP contribution is 2.33. The number of imidazole rings is 1. The molecule has 9 heteroatoms. The number of amides is 1. The average molecular weight is 487 g/mol. The van der Waals surface area contributed by atoms with Crippen LogP contribution in [0.2, 0.25) is 0 Å². The molecule has 36 heavy (non-hydrogen) atoms. The van der Waals surface area contributed by atoms with Gasteiger partial charge < -0.3 is 5.11 Å². The van der Waals surface area contributed by atoms with E-state index in [9.17, 15) is 14.7 Å². The Morgan fingerprint density at radius 1 is 1.08 bits per heavy atom. The lowest BCUT2D eigenvalue weighted by atomic mass is 9.82. The maximum Gasteiger partial charge on any atom is 0.341 e. The predicted molar refractivity (Wildman–Crippen MR) is 136 cm³/mol. The molecule has 1 amide bonds. The number of fused-ring (bicyclic) bond motifs is 1. The number of carboxylic acid groups (broad SMARTS) is 1. The van der Waals surface area contributed by atoms with E-state index in [0.29, 0.717) is 17.4 Å². The van der Waals surface area contributed by atoms with E-state index in [2.05, 4.69) is 22.0 Å². The normalized spacial score (nSPS) is 18.0. The number of hydrogen-bond donors (Lipinski definition) is 1. The Morgan fingerprint density at radius 2 is 1.81 bits per heavy atom. The lowest BCUT2D eigenvalue weighted by Crippen LogP contribution is -2.43. The van der Waals surface area contributed by atoms with Gasteiger partial charge >= 0.3 is 5.97 Å². The van der Waals surface area contributed by atoms with Gasteiger partial charge in [0.15, 0.2) is 5.82 Å². The predicted octanol–water partition coefficient (Wildman–Crippen LogP) is 4.85. The zero-order chi connectivity index (χ0) is 25.4. The number of carboxylic acids is 1. The van der Waals surface area contributed by atoms with Gasteiger partial charge in [-0.15, -0.1) is 5.10 Å². The quantitative estimate of drug-likeness (QED) is 0.418. The molecule has 1 fully saturated rings. The second kappa shape index (κ2) is 9.56. The highest BCUT2D eigenvalue weighted by atomic mass is 16.4. The first-order valence-corrected chi connectivity index (χ1v) is 12.4. The van der Waals surface area contributed by atoms with Crippen molar-refractivity contribution in [2.24, 2.45) is 11.8 Å². The van der Waals surface area contributed by atoms with Crippen molar-refractivity contribution in [1.29, 1.82) is 0 Å². The number of rotatable bonds is 6. The highest BCUT2D eigenvalue weighted by molar-refractivity contribution is 6.01. The van der Waals surface area contributed by atoms with E-state index in [4.69, 9.17) is 0 Å². The fourth-order valence-electron chi connectivity index (χ4n) is 4.89. The van der Waals surface area contributed by atoms with Crippen LogP contribution in [0.3, 0.4) is 0 Å². The molecule has 0 atom stereocenters. The fourth-order valence-corrected chi connectivity index (χ4v) is 4.89. The minimum absolute atomic E-state index is 0.0109. The summed E-state index contributed by atoms with van der Waals surface area (Å²) >= 11 is 0. The molecule has 0 saturated heterocycles. The molecule has 3 heterocycles. The van der Waals surface area contributed by atoms with Gasteiger partial charge in [-0.1, -0.05) is 19.1 Å². The van der Waals surface area contributed by atoms with Crippen molar-refractivity contribution < 1.29 is 14.7 Å². The second-order valence-electron chi connectivity index (χ2n) is 9.87. The number of nitrogens with zero attached hydrogens (tertiary/aromatic N) is 6. The summed E-state index contributed by atoms with van der Waals surface area (Å²) in [5.41, 5.74) is 2.39. The second-order valence-corrected chi connectivity index (χ2v) is 9.87. The van der Waals surface area contributed by atoms with Gasteiger partial charge in [0.2, 0.25) is 11.7 Å². The van der Waals surface area contributed by atoms with Crippen molar-refractivity contribution in [3.63, 3.8) is 0 Å². The zero-order valence-corrected chi connectivity index (χ0v) is 20.7. The van der Waals surface area contributed by atoms with Crippen LogP contribution in [0.1, 0.15) is 56.8 Å². The van der Waals surface area contributed by atoms with E-state index >= 15 is 0 Å². The molecule has 0 spiro atoms. The zero-order valence-electron chi connectivity index (χ0n) is 20.7. The summed E-state index contributed by atoms with van der Waals surface area (Å²) in [7, 11) is 0. The SMILES string of the molecule is CC(C)N(c1nn(-c2ccc(-c3cn4cccnc4n3)cc2)cc1C(=O)O)C(=O)[C@H]1CC[C@H](C)CC1. The number of carbonyl (C=O) groups is 2. The first kappa shape index (κ1) is 23.7. The summed E-state index contributed by atoms with van der Waals surface area (Å²) in [6, 6.07) is 9.17. The van der Waals surface area contributed by atoms with Crippen LogP contribution in [0.4, 0.5) is 5.82 Å². The van der Waals surface area contributed by atoms with Crippen molar-refractivity contribution in [2.45, 2.75) is 52.5 Å². The highest BCUT2D eigenvalue weighted by Gasteiger charge is 2.34. The Labute approximate surface area is 209 Å². The van der Waals surface area contributed by atoms with Gasteiger partial charge in [-0.2, -0.15) is 0 Å². The number of aromatic nitrogens is 5. The number of hydrogen-bond acceptors (Lipinski definition) is 5. The van der Waals surface area contributed by atoms with Crippen LogP contribution in [0, 0.1) is 11.8 Å². The molecule has 5 rings (SSSR count). The first-order valence-electron chi connectivity index (χ1n) is 12.4. The molecule has 0 unspecified atom stereocenters. The standard InChI is InChI=1S/C27H30N6O3/c1-17(2)33(25(34)20-7-5-18(3)6-8-20)24-22(26(35)36)15-32(30-24)21-11-9-19(10-12-21)23-16-31-14-4-13-28-27(31)29-23/h4,9-18,20H,5-8H2,1-3H3,(H,35,36)/t18-,20-. The summed E-state index contributed by atoms with van der Waals surface area (Å²) in [4.78, 5) is 36.0. The molecule has 1 N–H and O–H groups in total. The van der Waals surface area contributed by atoms with E-state index in [1.165, 1.54) is 10.9 Å². The molecule has 1 aliphatic carbocycles. The first-order chi connectivity index (χ1) is 17.3. The van der Waals surface area contributed by atoms with Gasteiger partial charge in [0, 0.05) is 42.3 Å². The van der Waals surface area contributed by atoms with E-state index in [1.807, 2.05) is 61.0 Å². The van der Waals surface area contributed by atoms with Gasteiger partial charge in [-0.05, 0) is 63.6 Å². The molecule has 4 aromatic rings. The molecule has 0 aliphatic heterocycles. The molecule has 9 nitrogen and oxygen atoms in total. The van der Waals surface area contributed by atoms with Crippen LogP contribution in [-0.2, 0) is 4.79 Å². The van der Waals surface area contributed by atoms with E-state index in [1.54, 1.807) is 11.1 Å². The minimum atomic E-state index is -1.11. The smallest absolute Gasteiger partial charge is 0.341 e. The van der Waals surface area contributed by atoms with E-state index < -0.39 is 5.97 Å². The van der Waals surface area contributed by atoms with Gasteiger partial charge in [-0.3, -0.25) is 14.1 Å². The number of benzene rings is 1. The number of aromatic carboxylic acids is 1. The van der Waals surface area contributed by atoms with Gasteiger partial charge in [0.25, 0.3) is 0 Å². The molecular formula is C27H30N6O3. The Balaban J connectivity index is 1.46. The lowest BCUT2D eigenvalue weighted by Gasteiger charge is -2.32. The van der Waals surface area contributed by atoms with Crippen LogP contribution in [0.5, 0.6) is 0 Å². The van der Waals surface area contributed by atoms with Crippen molar-refractivity contribution in [3.8, 4) is 16.9 Å². The molecule has 0 radical (unpaired) electrons. The Hall–Kier alpha value is -4.01. The van der Waals surface area contributed by atoms with Crippen molar-refractivity contribution in [3.05, 3.63) is 60.7 Å². The largest absolute Gasteiger partial charge is 0.477 e. The average Bonchev–Trinajstić information content (AvgIpc) is 3.49. The van der Waals surface area contributed by atoms with E-state index in [-0.39, 0.29) is 29.2 Å².